The number of benzene rings is 1. The Morgan fingerprint density at radius 3 is 2.15 bits per heavy atom. The maximum atomic E-state index is 11.7. The fourth-order valence-corrected chi connectivity index (χ4v) is 4.73. The number of carbonyl (C=O) groups is 2. The third kappa shape index (κ3) is 4.68. The van der Waals surface area contributed by atoms with Crippen LogP contribution in [0.5, 0.6) is 0 Å². The third-order valence-electron chi connectivity index (χ3n) is 6.27. The van der Waals surface area contributed by atoms with Gasteiger partial charge in [0.1, 0.15) is 6.04 Å². The maximum Gasteiger partial charge on any atom is 0.303 e. The second-order valence-electron chi connectivity index (χ2n) is 8.25. The minimum absolute atomic E-state index is 0.00834. The van der Waals surface area contributed by atoms with Gasteiger partial charge in [0.2, 0.25) is 5.91 Å². The number of primary amides is 1. The molecule has 1 saturated carbocycles. The van der Waals surface area contributed by atoms with Crippen molar-refractivity contribution in [3.05, 3.63) is 35.4 Å². The van der Waals surface area contributed by atoms with Gasteiger partial charge >= 0.3 is 5.97 Å². The number of carboxylic acids is 1. The fraction of sp³-hybridized carbons (Fsp3) is 0.619. The van der Waals surface area contributed by atoms with Crippen LogP contribution >= 0.6 is 0 Å². The predicted molar refractivity (Wildman–Crippen MR) is 104 cm³/mol. The summed E-state index contributed by atoms with van der Waals surface area (Å²) in [6, 6.07) is 8.52. The number of aliphatic carboxylic acids is 1. The highest BCUT2D eigenvalue weighted by Crippen LogP contribution is 2.37. The number of nitrogens with one attached hydrogen (secondary N) is 2. The Kier molecular flexibility index (Phi) is 6.17. The molecule has 4 unspecified atom stereocenters. The van der Waals surface area contributed by atoms with E-state index in [0.717, 1.165) is 31.2 Å². The Morgan fingerprint density at radius 1 is 1.00 bits per heavy atom. The topological polar surface area (TPSA) is 104 Å². The molecule has 3 rings (SSSR count). The van der Waals surface area contributed by atoms with Crippen LogP contribution in [-0.2, 0) is 9.59 Å². The molecule has 0 bridgehead atoms. The number of piperazine rings is 1. The molecular weight excluding hydrogens is 342 g/mol. The van der Waals surface area contributed by atoms with Crippen molar-refractivity contribution >= 4 is 11.9 Å². The second-order valence-corrected chi connectivity index (χ2v) is 8.25. The highest BCUT2D eigenvalue weighted by Gasteiger charge is 2.35. The van der Waals surface area contributed by atoms with Crippen molar-refractivity contribution in [2.45, 2.75) is 76.0 Å². The molecule has 1 aliphatic carbocycles. The Morgan fingerprint density at radius 2 is 1.59 bits per heavy atom. The molecule has 1 heterocycles. The van der Waals surface area contributed by atoms with Crippen LogP contribution in [0.1, 0.15) is 69.0 Å². The van der Waals surface area contributed by atoms with Crippen LogP contribution < -0.4 is 16.4 Å². The molecule has 0 spiro atoms. The third-order valence-corrected chi connectivity index (χ3v) is 6.27. The van der Waals surface area contributed by atoms with E-state index in [1.54, 1.807) is 0 Å². The zero-order chi connectivity index (χ0) is 19.6. The smallest absolute Gasteiger partial charge is 0.303 e. The predicted octanol–water partition coefficient (Wildman–Crippen LogP) is 2.30. The lowest BCUT2D eigenvalue weighted by molar-refractivity contribution is -0.138. The summed E-state index contributed by atoms with van der Waals surface area (Å²) in [6.45, 7) is 4.09. The van der Waals surface area contributed by atoms with Crippen LogP contribution in [-0.4, -0.2) is 35.1 Å². The van der Waals surface area contributed by atoms with Gasteiger partial charge in [0.05, 0.1) is 0 Å². The van der Waals surface area contributed by atoms with Crippen molar-refractivity contribution in [2.75, 3.05) is 0 Å². The van der Waals surface area contributed by atoms with Crippen molar-refractivity contribution in [1.29, 1.82) is 0 Å². The van der Waals surface area contributed by atoms with Crippen LogP contribution in [0.3, 0.4) is 0 Å². The van der Waals surface area contributed by atoms with E-state index in [1.807, 2.05) is 6.92 Å². The van der Waals surface area contributed by atoms with E-state index in [-0.39, 0.29) is 30.1 Å². The van der Waals surface area contributed by atoms with Gasteiger partial charge in [-0.25, -0.2) is 0 Å². The molecule has 1 aromatic carbocycles. The molecule has 27 heavy (non-hydrogen) atoms. The van der Waals surface area contributed by atoms with Crippen LogP contribution in [0.4, 0.5) is 0 Å². The van der Waals surface area contributed by atoms with E-state index in [4.69, 9.17) is 10.8 Å². The molecule has 2 fully saturated rings. The average Bonchev–Trinajstić information content (AvgIpc) is 2.62. The summed E-state index contributed by atoms with van der Waals surface area (Å²) in [5, 5.41) is 15.8. The highest BCUT2D eigenvalue weighted by atomic mass is 16.4. The molecular formula is C21H31N3O3. The van der Waals surface area contributed by atoms with E-state index in [1.165, 1.54) is 5.56 Å². The number of carboxylic acid groups (broad SMARTS) is 1. The first kappa shape index (κ1) is 19.8. The van der Waals surface area contributed by atoms with E-state index < -0.39 is 5.97 Å². The number of hydrogen-bond acceptors (Lipinski definition) is 4. The molecule has 1 aromatic rings. The standard InChI is InChI=1S/C21H31N3O3/c1-12-19(24-20(21(22)27)13(2)23-12)17-9-7-16(8-10-17)15-5-3-14(4-6-15)11-18(25)26/h7-10,12-15,19-20,23-24H,3-6,11H2,1-2H3,(H2,22,27)(H,25,26). The minimum Gasteiger partial charge on any atom is -0.481 e. The molecule has 148 valence electrons. The lowest BCUT2D eigenvalue weighted by Gasteiger charge is -2.40. The molecule has 6 nitrogen and oxygen atoms in total. The number of hydrogen-bond donors (Lipinski definition) is 4. The highest BCUT2D eigenvalue weighted by molar-refractivity contribution is 5.81. The Balaban J connectivity index is 1.63. The van der Waals surface area contributed by atoms with Crippen molar-refractivity contribution in [1.82, 2.24) is 10.6 Å². The van der Waals surface area contributed by atoms with Gasteiger partial charge in [0.25, 0.3) is 0 Å². The number of nitrogens with two attached hydrogens (primary N) is 1. The summed E-state index contributed by atoms with van der Waals surface area (Å²) in [6.07, 6.45) is 4.38. The Bertz CT molecular complexity index is 668. The largest absolute Gasteiger partial charge is 0.481 e. The van der Waals surface area contributed by atoms with Crippen LogP contribution in [0.25, 0.3) is 0 Å². The molecule has 4 atom stereocenters. The van der Waals surface area contributed by atoms with E-state index in [2.05, 4.69) is 41.8 Å². The molecule has 6 heteroatoms. The summed E-state index contributed by atoms with van der Waals surface area (Å²) in [4.78, 5) is 22.6. The zero-order valence-corrected chi connectivity index (χ0v) is 16.2. The normalized spacial score (nSPS) is 34.1. The van der Waals surface area contributed by atoms with Crippen molar-refractivity contribution in [2.24, 2.45) is 11.7 Å². The zero-order valence-electron chi connectivity index (χ0n) is 16.2. The lowest BCUT2D eigenvalue weighted by Crippen LogP contribution is -2.64. The van der Waals surface area contributed by atoms with Gasteiger partial charge in [-0.1, -0.05) is 24.3 Å². The van der Waals surface area contributed by atoms with Gasteiger partial charge in [0, 0.05) is 24.5 Å². The molecule has 0 aromatic heterocycles. The first-order chi connectivity index (χ1) is 12.8. The van der Waals surface area contributed by atoms with Gasteiger partial charge in [-0.3, -0.25) is 14.9 Å². The summed E-state index contributed by atoms with van der Waals surface area (Å²) in [5.74, 6) is -0.183. The van der Waals surface area contributed by atoms with Crippen LogP contribution in [0, 0.1) is 5.92 Å². The van der Waals surface area contributed by atoms with Gasteiger partial charge in [0.15, 0.2) is 0 Å². The van der Waals surface area contributed by atoms with E-state index >= 15 is 0 Å². The van der Waals surface area contributed by atoms with Gasteiger partial charge in [-0.05, 0) is 62.5 Å². The molecule has 1 saturated heterocycles. The lowest BCUT2D eigenvalue weighted by atomic mass is 9.77. The average molecular weight is 373 g/mol. The van der Waals surface area contributed by atoms with Gasteiger partial charge in [-0.15, -0.1) is 0 Å². The molecule has 1 amide bonds. The summed E-state index contributed by atoms with van der Waals surface area (Å²) >= 11 is 0. The SMILES string of the molecule is CC1NC(C)C(c2ccc(C3CCC(CC(=O)O)CC3)cc2)NC1C(N)=O. The number of rotatable bonds is 5. The second kappa shape index (κ2) is 8.40. The van der Waals surface area contributed by atoms with Gasteiger partial charge < -0.3 is 16.2 Å². The summed E-state index contributed by atoms with van der Waals surface area (Å²) in [5.41, 5.74) is 8.00. The Hall–Kier alpha value is -1.92. The minimum atomic E-state index is -0.686. The first-order valence-corrected chi connectivity index (χ1v) is 9.98. The number of carbonyl (C=O) groups excluding carboxylic acids is 1. The van der Waals surface area contributed by atoms with E-state index in [9.17, 15) is 9.59 Å². The van der Waals surface area contributed by atoms with Crippen molar-refractivity contribution in [3.8, 4) is 0 Å². The summed E-state index contributed by atoms with van der Waals surface area (Å²) in [7, 11) is 0. The van der Waals surface area contributed by atoms with Gasteiger partial charge in [-0.2, -0.15) is 0 Å². The monoisotopic (exact) mass is 373 g/mol. The first-order valence-electron chi connectivity index (χ1n) is 9.98. The van der Waals surface area contributed by atoms with Crippen LogP contribution in [0.15, 0.2) is 24.3 Å². The van der Waals surface area contributed by atoms with Crippen molar-refractivity contribution < 1.29 is 14.7 Å². The maximum absolute atomic E-state index is 11.7. The molecule has 2 aliphatic rings. The molecule has 5 N–H and O–H groups in total. The summed E-state index contributed by atoms with van der Waals surface area (Å²) < 4.78 is 0. The molecule has 1 aliphatic heterocycles. The number of amides is 1. The molecule has 0 radical (unpaired) electrons. The fourth-order valence-electron chi connectivity index (χ4n) is 4.73. The quantitative estimate of drug-likeness (QED) is 0.634. The van der Waals surface area contributed by atoms with Crippen molar-refractivity contribution in [3.63, 3.8) is 0 Å². The van der Waals surface area contributed by atoms with E-state index in [0.29, 0.717) is 18.3 Å². The van der Waals surface area contributed by atoms with Crippen LogP contribution in [0.2, 0.25) is 0 Å². The Labute approximate surface area is 160 Å².